The number of hydrogen-bond acceptors (Lipinski definition) is 5. The highest BCUT2D eigenvalue weighted by Gasteiger charge is 2.37. The van der Waals surface area contributed by atoms with Gasteiger partial charge >= 0.3 is 0 Å². The van der Waals surface area contributed by atoms with Crippen LogP contribution >= 0.6 is 39.9 Å². The molecule has 2 aromatic carbocycles. The Labute approximate surface area is 203 Å². The van der Waals surface area contributed by atoms with Crippen LogP contribution in [-0.4, -0.2) is 55.9 Å². The van der Waals surface area contributed by atoms with E-state index < -0.39 is 0 Å². The van der Waals surface area contributed by atoms with E-state index in [0.717, 1.165) is 44.9 Å². The summed E-state index contributed by atoms with van der Waals surface area (Å²) in [5, 5.41) is 3.99. The number of nitrogens with zero attached hydrogens (tertiary/aromatic N) is 4. The summed E-state index contributed by atoms with van der Waals surface area (Å²) in [5.41, 5.74) is 3.81. The van der Waals surface area contributed by atoms with E-state index in [1.807, 2.05) is 40.1 Å². The number of aliphatic imine (C=N–C) groups is 1. The third-order valence-corrected chi connectivity index (χ3v) is 7.42. The highest BCUT2D eigenvalue weighted by atomic mass is 79.9. The number of aromatic nitrogens is 2. The zero-order valence-electron chi connectivity index (χ0n) is 17.3. The average Bonchev–Trinajstić information content (AvgIpc) is 3.37. The lowest BCUT2D eigenvalue weighted by atomic mass is 10.1. The van der Waals surface area contributed by atoms with Gasteiger partial charge < -0.3 is 15.2 Å². The second-order valence-corrected chi connectivity index (χ2v) is 10.2. The van der Waals surface area contributed by atoms with Gasteiger partial charge in [-0.05, 0) is 48.1 Å². The van der Waals surface area contributed by atoms with Crippen molar-refractivity contribution < 1.29 is 4.79 Å². The number of imidazole rings is 1. The van der Waals surface area contributed by atoms with Crippen molar-refractivity contribution in [3.05, 3.63) is 58.8 Å². The SMILES string of the molecule is CC(=O)N1CCSC(N=C2C(c3cccc(Br)c3)NC(=S)N2c2ccc3nc[nH]c3c2)C1. The number of thiocarbonyl (C=S) groups is 1. The molecule has 3 aromatic rings. The van der Waals surface area contributed by atoms with Gasteiger partial charge in [-0.3, -0.25) is 14.7 Å². The van der Waals surface area contributed by atoms with E-state index in [1.54, 1.807) is 25.0 Å². The van der Waals surface area contributed by atoms with Gasteiger partial charge in [-0.25, -0.2) is 4.98 Å². The first kappa shape index (κ1) is 21.4. The minimum Gasteiger partial charge on any atom is -0.348 e. The Balaban J connectivity index is 1.57. The Morgan fingerprint density at radius 3 is 3.00 bits per heavy atom. The second kappa shape index (κ2) is 8.84. The largest absolute Gasteiger partial charge is 0.348 e. The molecule has 2 unspecified atom stereocenters. The van der Waals surface area contributed by atoms with Crippen molar-refractivity contribution in [2.45, 2.75) is 18.3 Å². The molecule has 1 amide bonds. The molecule has 0 aliphatic carbocycles. The monoisotopic (exact) mass is 528 g/mol. The van der Waals surface area contributed by atoms with Crippen LogP contribution in [-0.2, 0) is 4.79 Å². The van der Waals surface area contributed by atoms with Crippen LogP contribution in [0.1, 0.15) is 18.5 Å². The summed E-state index contributed by atoms with van der Waals surface area (Å²) >= 11 is 11.1. The minimum atomic E-state index is -0.189. The first-order valence-corrected chi connectivity index (χ1v) is 12.5. The number of rotatable bonds is 3. The van der Waals surface area contributed by atoms with E-state index >= 15 is 0 Å². The predicted octanol–water partition coefficient (Wildman–Crippen LogP) is 4.08. The number of thioether (sulfide) groups is 1. The highest BCUT2D eigenvalue weighted by Crippen LogP contribution is 2.32. The van der Waals surface area contributed by atoms with Crippen molar-refractivity contribution in [2.75, 3.05) is 23.7 Å². The van der Waals surface area contributed by atoms with Gasteiger partial charge in [0.25, 0.3) is 0 Å². The van der Waals surface area contributed by atoms with Crippen LogP contribution in [0.15, 0.2) is 58.3 Å². The van der Waals surface area contributed by atoms with Gasteiger partial charge in [-0.15, -0.1) is 11.8 Å². The molecule has 10 heteroatoms. The summed E-state index contributed by atoms with van der Waals surface area (Å²) in [4.78, 5) is 28.4. The third-order valence-electron chi connectivity index (χ3n) is 5.57. The van der Waals surface area contributed by atoms with Crippen molar-refractivity contribution in [1.29, 1.82) is 0 Å². The lowest BCUT2D eigenvalue weighted by molar-refractivity contribution is -0.128. The molecule has 2 aliphatic rings. The Bertz CT molecular complexity index is 1230. The third kappa shape index (κ3) is 4.14. The summed E-state index contributed by atoms with van der Waals surface area (Å²) in [5.74, 6) is 1.77. The van der Waals surface area contributed by atoms with E-state index in [2.05, 4.69) is 43.3 Å². The number of amidine groups is 1. The molecule has 32 heavy (non-hydrogen) atoms. The number of aromatic amines is 1. The van der Waals surface area contributed by atoms with Crippen molar-refractivity contribution >= 4 is 73.5 Å². The molecule has 2 N–H and O–H groups in total. The summed E-state index contributed by atoms with van der Waals surface area (Å²) in [6, 6.07) is 14.0. The number of halogens is 1. The zero-order valence-corrected chi connectivity index (χ0v) is 20.5. The Hall–Kier alpha value is -2.43. The molecule has 2 atom stereocenters. The smallest absolute Gasteiger partial charge is 0.219 e. The summed E-state index contributed by atoms with van der Waals surface area (Å²) in [6.07, 6.45) is 1.68. The molecule has 5 rings (SSSR count). The van der Waals surface area contributed by atoms with Crippen molar-refractivity contribution in [2.24, 2.45) is 4.99 Å². The van der Waals surface area contributed by atoms with Crippen molar-refractivity contribution in [1.82, 2.24) is 20.2 Å². The maximum atomic E-state index is 12.0. The summed E-state index contributed by atoms with van der Waals surface area (Å²) in [7, 11) is 0. The number of benzene rings is 2. The van der Waals surface area contributed by atoms with Crippen LogP contribution in [0.4, 0.5) is 5.69 Å². The van der Waals surface area contributed by atoms with E-state index in [0.29, 0.717) is 11.7 Å². The quantitative estimate of drug-likeness (QED) is 0.498. The molecule has 2 aliphatic heterocycles. The number of nitrogens with one attached hydrogen (secondary N) is 2. The number of carbonyl (C=O) groups excluding carboxylic acids is 1. The van der Waals surface area contributed by atoms with Crippen molar-refractivity contribution in [3.63, 3.8) is 0 Å². The number of H-pyrrole nitrogens is 1. The van der Waals surface area contributed by atoms with Gasteiger partial charge in [0.2, 0.25) is 5.91 Å². The molecule has 3 heterocycles. The maximum Gasteiger partial charge on any atom is 0.219 e. The van der Waals surface area contributed by atoms with Gasteiger partial charge in [0, 0.05) is 23.7 Å². The second-order valence-electron chi connectivity index (χ2n) is 7.65. The summed E-state index contributed by atoms with van der Waals surface area (Å²) < 4.78 is 0.995. The zero-order chi connectivity index (χ0) is 22.2. The molecule has 1 aromatic heterocycles. The van der Waals surface area contributed by atoms with Gasteiger partial charge in [0.15, 0.2) is 5.11 Å². The average molecular weight is 529 g/mol. The number of anilines is 1. The fourth-order valence-electron chi connectivity index (χ4n) is 3.99. The van der Waals surface area contributed by atoms with E-state index in [-0.39, 0.29) is 17.3 Å². The lowest BCUT2D eigenvalue weighted by Gasteiger charge is -2.31. The standard InChI is InChI=1S/C22H21BrN6OS2/c1-13(30)28-7-8-32-19(11-28)26-21-20(14-3-2-4-15(23)9-14)27-22(31)29(21)16-5-6-17-18(10-16)25-12-24-17/h2-6,9-10,12,19-20H,7-8,11H2,1H3,(H,24,25)(H,27,31). The fourth-order valence-corrected chi connectivity index (χ4v) is 5.79. The summed E-state index contributed by atoms with van der Waals surface area (Å²) in [6.45, 7) is 2.96. The molecule has 0 bridgehead atoms. The van der Waals surface area contributed by atoms with E-state index in [1.165, 1.54) is 0 Å². The first-order valence-electron chi connectivity index (χ1n) is 10.2. The molecule has 0 radical (unpaired) electrons. The molecule has 2 fully saturated rings. The van der Waals surface area contributed by atoms with Crippen LogP contribution in [0.2, 0.25) is 0 Å². The number of fused-ring (bicyclic) bond motifs is 1. The maximum absolute atomic E-state index is 12.0. The van der Waals surface area contributed by atoms with Crippen LogP contribution in [0.5, 0.6) is 0 Å². The number of carbonyl (C=O) groups is 1. The van der Waals surface area contributed by atoms with Gasteiger partial charge in [0.05, 0.1) is 29.6 Å². The predicted molar refractivity (Wildman–Crippen MR) is 137 cm³/mol. The Morgan fingerprint density at radius 2 is 2.19 bits per heavy atom. The van der Waals surface area contributed by atoms with E-state index in [9.17, 15) is 4.79 Å². The molecule has 7 nitrogen and oxygen atoms in total. The topological polar surface area (TPSA) is 76.6 Å². The van der Waals surface area contributed by atoms with Gasteiger partial charge in [0.1, 0.15) is 17.3 Å². The molecule has 0 spiro atoms. The Kier molecular flexibility index (Phi) is 5.92. The molecule has 0 saturated carbocycles. The normalized spacial score (nSPS) is 22.6. The van der Waals surface area contributed by atoms with Crippen LogP contribution < -0.4 is 10.2 Å². The Morgan fingerprint density at radius 1 is 1.31 bits per heavy atom. The van der Waals surface area contributed by atoms with Gasteiger partial charge in [-0.2, -0.15) is 0 Å². The highest BCUT2D eigenvalue weighted by molar-refractivity contribution is 9.10. The van der Waals surface area contributed by atoms with Crippen LogP contribution in [0.25, 0.3) is 11.0 Å². The molecule has 2 saturated heterocycles. The lowest BCUT2D eigenvalue weighted by Crippen LogP contribution is -2.41. The van der Waals surface area contributed by atoms with Gasteiger partial charge in [-0.1, -0.05) is 28.1 Å². The molecule has 164 valence electrons. The minimum absolute atomic E-state index is 0.0570. The first-order chi connectivity index (χ1) is 15.5. The number of hydrogen-bond donors (Lipinski definition) is 2. The number of amides is 1. The van der Waals surface area contributed by atoms with Crippen LogP contribution in [0, 0.1) is 0 Å². The van der Waals surface area contributed by atoms with Crippen LogP contribution in [0.3, 0.4) is 0 Å². The van der Waals surface area contributed by atoms with E-state index in [4.69, 9.17) is 17.2 Å². The molecular formula is C22H21BrN6OS2. The fraction of sp³-hybridized carbons (Fsp3) is 0.273. The molecular weight excluding hydrogens is 508 g/mol. The van der Waals surface area contributed by atoms with Crippen molar-refractivity contribution in [3.8, 4) is 0 Å².